The van der Waals surface area contributed by atoms with Gasteiger partial charge in [0.1, 0.15) is 4.34 Å². The molecule has 0 radical (unpaired) electrons. The highest BCUT2D eigenvalue weighted by atomic mass is 127. The minimum Gasteiger partial charge on any atom is -0.374 e. The van der Waals surface area contributed by atoms with Crippen molar-refractivity contribution in [1.82, 2.24) is 20.5 Å². The van der Waals surface area contributed by atoms with Crippen LogP contribution in [0.4, 0.5) is 0 Å². The monoisotopic (exact) mass is 527 g/mol. The summed E-state index contributed by atoms with van der Waals surface area (Å²) in [5, 5.41) is 8.77. The van der Waals surface area contributed by atoms with Crippen molar-refractivity contribution in [3.63, 3.8) is 0 Å². The minimum atomic E-state index is 0. The van der Waals surface area contributed by atoms with E-state index >= 15 is 0 Å². The number of thioether (sulfide) groups is 1. The van der Waals surface area contributed by atoms with Gasteiger partial charge >= 0.3 is 0 Å². The summed E-state index contributed by atoms with van der Waals surface area (Å²) >= 11 is 3.52. The van der Waals surface area contributed by atoms with Crippen LogP contribution in [0.3, 0.4) is 0 Å². The second-order valence-electron chi connectivity index (χ2n) is 6.79. The van der Waals surface area contributed by atoms with Gasteiger partial charge in [-0.1, -0.05) is 25.6 Å². The zero-order chi connectivity index (χ0) is 18.6. The second-order valence-corrected chi connectivity index (χ2v) is 9.03. The van der Waals surface area contributed by atoms with Crippen molar-refractivity contribution in [2.24, 2.45) is 10.9 Å². The zero-order valence-electron chi connectivity index (χ0n) is 16.6. The third-order valence-electron chi connectivity index (χ3n) is 3.89. The fourth-order valence-electron chi connectivity index (χ4n) is 2.83. The van der Waals surface area contributed by atoms with Gasteiger partial charge in [-0.15, -0.1) is 35.3 Å². The van der Waals surface area contributed by atoms with Crippen LogP contribution in [0.5, 0.6) is 0 Å². The summed E-state index contributed by atoms with van der Waals surface area (Å²) in [5.41, 5.74) is 0. The van der Waals surface area contributed by atoms with Crippen LogP contribution in [0, 0.1) is 5.92 Å². The quantitative estimate of drug-likeness (QED) is 0.160. The van der Waals surface area contributed by atoms with E-state index in [1.165, 1.54) is 0 Å². The molecule has 9 heteroatoms. The van der Waals surface area contributed by atoms with E-state index in [1.807, 2.05) is 23.3 Å². The lowest BCUT2D eigenvalue weighted by atomic mass is 10.2. The fourth-order valence-corrected chi connectivity index (χ4v) is 4.48. The number of nitrogens with zero attached hydrogens (tertiary/aromatic N) is 3. The van der Waals surface area contributed by atoms with Gasteiger partial charge in [0.15, 0.2) is 5.96 Å². The summed E-state index contributed by atoms with van der Waals surface area (Å²) in [6, 6.07) is 0. The first-order valence-corrected chi connectivity index (χ1v) is 11.4. The van der Waals surface area contributed by atoms with E-state index in [0.717, 1.165) is 61.8 Å². The van der Waals surface area contributed by atoms with Gasteiger partial charge < -0.3 is 15.4 Å². The molecule has 1 aliphatic rings. The number of aliphatic imine (C=N–C) groups is 1. The highest BCUT2D eigenvalue weighted by Gasteiger charge is 2.20. The molecule has 2 heterocycles. The first kappa shape index (κ1) is 24.9. The van der Waals surface area contributed by atoms with E-state index < -0.39 is 0 Å². The number of morpholine rings is 1. The third kappa shape index (κ3) is 10.9. The topological polar surface area (TPSA) is 61.8 Å². The molecule has 6 nitrogen and oxygen atoms in total. The third-order valence-corrected chi connectivity index (χ3v) is 5.94. The van der Waals surface area contributed by atoms with Gasteiger partial charge in [0.2, 0.25) is 0 Å². The van der Waals surface area contributed by atoms with Gasteiger partial charge in [-0.25, -0.2) is 4.98 Å². The van der Waals surface area contributed by atoms with Gasteiger partial charge in [0, 0.05) is 50.1 Å². The predicted octanol–water partition coefficient (Wildman–Crippen LogP) is 3.16. The molecule has 0 saturated carbocycles. The van der Waals surface area contributed by atoms with Crippen molar-refractivity contribution >= 4 is 53.0 Å². The highest BCUT2D eigenvalue weighted by molar-refractivity contribution is 14.0. The number of thiazole rings is 1. The van der Waals surface area contributed by atoms with E-state index in [9.17, 15) is 0 Å². The summed E-state index contributed by atoms with van der Waals surface area (Å²) in [7, 11) is 0. The first-order chi connectivity index (χ1) is 12.7. The zero-order valence-corrected chi connectivity index (χ0v) is 20.6. The van der Waals surface area contributed by atoms with Crippen LogP contribution >= 0.6 is 47.1 Å². The summed E-state index contributed by atoms with van der Waals surface area (Å²) in [4.78, 5) is 11.5. The lowest BCUT2D eigenvalue weighted by Gasteiger charge is -2.33. The highest BCUT2D eigenvalue weighted by Crippen LogP contribution is 2.20. The molecule has 0 amide bonds. The van der Waals surface area contributed by atoms with Gasteiger partial charge in [0.25, 0.3) is 0 Å². The van der Waals surface area contributed by atoms with Crippen molar-refractivity contribution in [1.29, 1.82) is 0 Å². The van der Waals surface area contributed by atoms with Gasteiger partial charge in [-0.05, 0) is 19.3 Å². The van der Waals surface area contributed by atoms with E-state index in [4.69, 9.17) is 9.73 Å². The van der Waals surface area contributed by atoms with Crippen LogP contribution < -0.4 is 10.6 Å². The number of rotatable bonds is 10. The Morgan fingerprint density at radius 1 is 1.48 bits per heavy atom. The molecular weight excluding hydrogens is 493 g/mol. The lowest BCUT2D eigenvalue weighted by molar-refractivity contribution is -0.0261. The molecule has 0 aromatic carbocycles. The summed E-state index contributed by atoms with van der Waals surface area (Å²) in [5.74, 6) is 2.64. The molecule has 27 heavy (non-hydrogen) atoms. The number of hydrogen-bond donors (Lipinski definition) is 2. The molecule has 1 aliphatic heterocycles. The van der Waals surface area contributed by atoms with Crippen LogP contribution in [-0.2, 0) is 4.74 Å². The average Bonchev–Trinajstić information content (AvgIpc) is 3.12. The van der Waals surface area contributed by atoms with Gasteiger partial charge in [-0.2, -0.15) is 0 Å². The molecule has 1 aromatic heterocycles. The summed E-state index contributed by atoms with van der Waals surface area (Å²) < 4.78 is 7.03. The van der Waals surface area contributed by atoms with E-state index in [0.29, 0.717) is 12.5 Å². The molecule has 1 atom stereocenters. The van der Waals surface area contributed by atoms with Crippen LogP contribution in [-0.4, -0.2) is 73.6 Å². The Morgan fingerprint density at radius 3 is 3.04 bits per heavy atom. The Hall–Kier alpha value is -0.100. The number of hydrogen-bond acceptors (Lipinski definition) is 6. The summed E-state index contributed by atoms with van der Waals surface area (Å²) in [6.07, 6.45) is 3.13. The second kappa shape index (κ2) is 14.8. The van der Waals surface area contributed by atoms with Crippen LogP contribution in [0.2, 0.25) is 0 Å². The van der Waals surface area contributed by atoms with E-state index in [2.05, 4.69) is 41.3 Å². The van der Waals surface area contributed by atoms with Crippen molar-refractivity contribution < 1.29 is 4.74 Å². The van der Waals surface area contributed by atoms with E-state index in [-0.39, 0.29) is 30.1 Å². The lowest BCUT2D eigenvalue weighted by Crippen LogP contribution is -2.46. The van der Waals surface area contributed by atoms with E-state index in [1.54, 1.807) is 11.3 Å². The number of aromatic nitrogens is 1. The van der Waals surface area contributed by atoms with Crippen molar-refractivity contribution in [2.45, 2.75) is 37.6 Å². The average molecular weight is 528 g/mol. The normalized spacial score (nSPS) is 18.4. The molecule has 1 unspecified atom stereocenters. The smallest absolute Gasteiger partial charge is 0.191 e. The van der Waals surface area contributed by atoms with Crippen LogP contribution in [0.25, 0.3) is 0 Å². The molecular formula is C18H34IN5OS2. The number of guanidine groups is 1. The number of ether oxygens (including phenoxy) is 1. The van der Waals surface area contributed by atoms with Crippen LogP contribution in [0.15, 0.2) is 20.9 Å². The predicted molar refractivity (Wildman–Crippen MR) is 128 cm³/mol. The maximum atomic E-state index is 5.89. The number of nitrogens with one attached hydrogen (secondary N) is 2. The molecule has 0 aliphatic carbocycles. The fraction of sp³-hybridized carbons (Fsp3) is 0.778. The standard InChI is InChI=1S/C18H33N5OS2.HI/c1-4-19-17(20-6-5-10-25-18-21-7-11-26-18)22-12-16-14-23(8-9-24-16)13-15(2)3;/h7,11,15-16H,4-6,8-10,12-14H2,1-3H3,(H2,19,20,22);1H. The van der Waals surface area contributed by atoms with Crippen molar-refractivity contribution in [3.8, 4) is 0 Å². The molecule has 0 bridgehead atoms. The number of halogens is 1. The molecule has 1 fully saturated rings. The van der Waals surface area contributed by atoms with Gasteiger partial charge in [-0.3, -0.25) is 9.89 Å². The largest absolute Gasteiger partial charge is 0.374 e. The molecule has 1 saturated heterocycles. The minimum absolute atomic E-state index is 0. The molecule has 1 aromatic rings. The maximum absolute atomic E-state index is 5.89. The molecule has 2 rings (SSSR count). The Morgan fingerprint density at radius 2 is 2.33 bits per heavy atom. The van der Waals surface area contributed by atoms with Crippen LogP contribution in [0.1, 0.15) is 27.2 Å². The van der Waals surface area contributed by atoms with Gasteiger partial charge in [0.05, 0.1) is 19.3 Å². The molecule has 0 spiro atoms. The Balaban J connectivity index is 0.00000364. The summed E-state index contributed by atoms with van der Waals surface area (Å²) in [6.45, 7) is 13.1. The Labute approximate surface area is 189 Å². The van der Waals surface area contributed by atoms with Crippen molar-refractivity contribution in [2.75, 3.05) is 51.6 Å². The molecule has 156 valence electrons. The Bertz CT molecular complexity index is 516. The Kier molecular flexibility index (Phi) is 13.7. The van der Waals surface area contributed by atoms with Crippen molar-refractivity contribution in [3.05, 3.63) is 11.6 Å². The maximum Gasteiger partial charge on any atom is 0.191 e. The first-order valence-electron chi connectivity index (χ1n) is 9.55. The SMILES string of the molecule is CCNC(=NCC1CN(CC(C)C)CCO1)NCCCSc1nccs1.I. The molecule has 2 N–H and O–H groups in total.